The van der Waals surface area contributed by atoms with Gasteiger partial charge >= 0.3 is 0 Å². The van der Waals surface area contributed by atoms with Crippen molar-refractivity contribution in [3.05, 3.63) is 30.3 Å². The molecule has 0 saturated heterocycles. The van der Waals surface area contributed by atoms with Gasteiger partial charge in [-0.3, -0.25) is 0 Å². The molecule has 0 aliphatic carbocycles. The average Bonchev–Trinajstić information content (AvgIpc) is 2.80. The Kier molecular flexibility index (Phi) is 3.32. The molecule has 2 aromatic rings. The molecule has 0 radical (unpaired) electrons. The second-order valence-electron chi connectivity index (χ2n) is 3.14. The molecule has 2 rings (SSSR count). The van der Waals surface area contributed by atoms with Crippen LogP contribution in [0.2, 0.25) is 0 Å². The zero-order valence-electron chi connectivity index (χ0n) is 8.97. The summed E-state index contributed by atoms with van der Waals surface area (Å²) in [6.07, 6.45) is 3.25. The molecule has 2 heterocycles. The van der Waals surface area contributed by atoms with E-state index in [-0.39, 0.29) is 0 Å². The van der Waals surface area contributed by atoms with Crippen LogP contribution in [0.4, 0.5) is 11.8 Å². The van der Waals surface area contributed by atoms with E-state index in [0.717, 1.165) is 18.1 Å². The van der Waals surface area contributed by atoms with Gasteiger partial charge in [-0.15, -0.1) is 0 Å². The van der Waals surface area contributed by atoms with Gasteiger partial charge in [0.2, 0.25) is 5.95 Å². The van der Waals surface area contributed by atoms with E-state index in [4.69, 9.17) is 4.52 Å². The highest BCUT2D eigenvalue weighted by Gasteiger charge is 1.99. The van der Waals surface area contributed by atoms with Gasteiger partial charge in [-0.1, -0.05) is 5.16 Å². The van der Waals surface area contributed by atoms with Gasteiger partial charge in [0.15, 0.2) is 0 Å². The highest BCUT2D eigenvalue weighted by atomic mass is 16.5. The predicted octanol–water partition coefficient (Wildman–Crippen LogP) is 1.51. The summed E-state index contributed by atoms with van der Waals surface area (Å²) in [6, 6.07) is 3.61. The number of nitrogens with zero attached hydrogens (tertiary/aromatic N) is 3. The van der Waals surface area contributed by atoms with Crippen LogP contribution in [-0.2, 0) is 6.54 Å². The molecule has 0 aromatic carbocycles. The topological polar surface area (TPSA) is 75.9 Å². The van der Waals surface area contributed by atoms with Crippen LogP contribution in [0.5, 0.6) is 0 Å². The van der Waals surface area contributed by atoms with Crippen molar-refractivity contribution in [2.45, 2.75) is 13.5 Å². The Labute approximate surface area is 93.1 Å². The summed E-state index contributed by atoms with van der Waals surface area (Å²) in [5.74, 6) is 1.38. The van der Waals surface area contributed by atoms with Crippen LogP contribution in [0.3, 0.4) is 0 Å². The van der Waals surface area contributed by atoms with E-state index in [9.17, 15) is 0 Å². The van der Waals surface area contributed by atoms with Gasteiger partial charge in [0.05, 0.1) is 6.54 Å². The lowest BCUT2D eigenvalue weighted by Gasteiger charge is -2.05. The van der Waals surface area contributed by atoms with Crippen LogP contribution in [0.25, 0.3) is 0 Å². The predicted molar refractivity (Wildman–Crippen MR) is 60.0 cm³/mol. The van der Waals surface area contributed by atoms with Crippen molar-refractivity contribution in [2.24, 2.45) is 0 Å². The van der Waals surface area contributed by atoms with Crippen molar-refractivity contribution < 1.29 is 4.52 Å². The van der Waals surface area contributed by atoms with Crippen molar-refractivity contribution >= 4 is 11.8 Å². The number of rotatable bonds is 5. The van der Waals surface area contributed by atoms with Gasteiger partial charge in [0.1, 0.15) is 17.8 Å². The van der Waals surface area contributed by atoms with E-state index in [1.807, 2.05) is 6.92 Å². The van der Waals surface area contributed by atoms with Crippen LogP contribution in [-0.4, -0.2) is 21.7 Å². The maximum Gasteiger partial charge on any atom is 0.224 e. The second-order valence-corrected chi connectivity index (χ2v) is 3.14. The van der Waals surface area contributed by atoms with E-state index in [2.05, 4.69) is 25.8 Å². The second kappa shape index (κ2) is 5.11. The molecule has 6 heteroatoms. The van der Waals surface area contributed by atoms with Gasteiger partial charge in [-0.05, 0) is 13.0 Å². The van der Waals surface area contributed by atoms with Crippen LogP contribution in [0.1, 0.15) is 12.6 Å². The number of aromatic nitrogens is 3. The molecular weight excluding hydrogens is 206 g/mol. The molecule has 0 saturated carbocycles. The van der Waals surface area contributed by atoms with E-state index < -0.39 is 0 Å². The summed E-state index contributed by atoms with van der Waals surface area (Å²) in [5, 5.41) is 9.97. The standard InChI is InChI=1S/C10H13N5O/c1-2-11-10-12-5-3-9(14-10)13-7-8-4-6-16-15-8/h3-6H,2,7H2,1H3,(H2,11,12,13,14). The fraction of sp³-hybridized carbons (Fsp3) is 0.300. The number of anilines is 2. The Balaban J connectivity index is 1.96. The first kappa shape index (κ1) is 10.4. The lowest BCUT2D eigenvalue weighted by Crippen LogP contribution is -2.06. The van der Waals surface area contributed by atoms with Crippen LogP contribution < -0.4 is 10.6 Å². The smallest absolute Gasteiger partial charge is 0.224 e. The van der Waals surface area contributed by atoms with E-state index >= 15 is 0 Å². The van der Waals surface area contributed by atoms with Gasteiger partial charge in [0, 0.05) is 18.8 Å². The third kappa shape index (κ3) is 2.69. The van der Waals surface area contributed by atoms with Crippen molar-refractivity contribution in [1.82, 2.24) is 15.1 Å². The minimum absolute atomic E-state index is 0.582. The Hall–Kier alpha value is -2.11. The summed E-state index contributed by atoms with van der Waals surface area (Å²) in [4.78, 5) is 8.35. The molecule has 2 N–H and O–H groups in total. The van der Waals surface area contributed by atoms with Crippen LogP contribution in [0.15, 0.2) is 29.1 Å². The van der Waals surface area contributed by atoms with Crippen molar-refractivity contribution in [2.75, 3.05) is 17.2 Å². The SMILES string of the molecule is CCNc1nccc(NCc2ccon2)n1. The molecule has 0 spiro atoms. The Morgan fingerprint density at radius 1 is 1.31 bits per heavy atom. The Morgan fingerprint density at radius 2 is 2.25 bits per heavy atom. The molecular formula is C10H13N5O. The van der Waals surface area contributed by atoms with Crippen molar-refractivity contribution in [3.8, 4) is 0 Å². The largest absolute Gasteiger partial charge is 0.364 e. The van der Waals surface area contributed by atoms with Crippen molar-refractivity contribution in [1.29, 1.82) is 0 Å². The highest BCUT2D eigenvalue weighted by molar-refractivity contribution is 5.39. The summed E-state index contributed by atoms with van der Waals surface area (Å²) in [7, 11) is 0. The van der Waals surface area contributed by atoms with Crippen LogP contribution >= 0.6 is 0 Å². The van der Waals surface area contributed by atoms with Gasteiger partial charge in [0.25, 0.3) is 0 Å². The maximum absolute atomic E-state index is 4.73. The zero-order valence-corrected chi connectivity index (χ0v) is 8.97. The Bertz CT molecular complexity index is 429. The van der Waals surface area contributed by atoms with Crippen molar-refractivity contribution in [3.63, 3.8) is 0 Å². The molecule has 0 aliphatic heterocycles. The normalized spacial score (nSPS) is 10.1. The molecule has 0 fully saturated rings. The lowest BCUT2D eigenvalue weighted by molar-refractivity contribution is 0.412. The third-order valence-electron chi connectivity index (χ3n) is 1.93. The van der Waals surface area contributed by atoms with Gasteiger partial charge in [-0.2, -0.15) is 4.98 Å². The summed E-state index contributed by atoms with van der Waals surface area (Å²) < 4.78 is 4.73. The maximum atomic E-state index is 4.73. The monoisotopic (exact) mass is 219 g/mol. The molecule has 16 heavy (non-hydrogen) atoms. The minimum atomic E-state index is 0.582. The van der Waals surface area contributed by atoms with Gasteiger partial charge < -0.3 is 15.2 Å². The number of nitrogens with one attached hydrogen (secondary N) is 2. The minimum Gasteiger partial charge on any atom is -0.364 e. The molecule has 0 bridgehead atoms. The molecule has 2 aromatic heterocycles. The van der Waals surface area contributed by atoms with E-state index in [1.165, 1.54) is 0 Å². The highest BCUT2D eigenvalue weighted by Crippen LogP contribution is 2.06. The molecule has 6 nitrogen and oxygen atoms in total. The first-order valence-electron chi connectivity index (χ1n) is 5.08. The third-order valence-corrected chi connectivity index (χ3v) is 1.93. The van der Waals surface area contributed by atoms with Gasteiger partial charge in [-0.25, -0.2) is 4.98 Å². The number of hydrogen-bond donors (Lipinski definition) is 2. The first-order valence-corrected chi connectivity index (χ1v) is 5.08. The fourth-order valence-electron chi connectivity index (χ4n) is 1.21. The quantitative estimate of drug-likeness (QED) is 0.793. The first-order chi connectivity index (χ1) is 7.88. The average molecular weight is 219 g/mol. The van der Waals surface area contributed by atoms with E-state index in [1.54, 1.807) is 24.6 Å². The molecule has 0 atom stereocenters. The summed E-state index contributed by atoms with van der Waals surface area (Å²) >= 11 is 0. The molecule has 0 unspecified atom stereocenters. The summed E-state index contributed by atoms with van der Waals surface area (Å²) in [5.41, 5.74) is 0.837. The fourth-order valence-corrected chi connectivity index (χ4v) is 1.21. The summed E-state index contributed by atoms with van der Waals surface area (Å²) in [6.45, 7) is 3.38. The zero-order chi connectivity index (χ0) is 11.2. The lowest BCUT2D eigenvalue weighted by atomic mass is 10.4. The number of hydrogen-bond acceptors (Lipinski definition) is 6. The molecule has 0 amide bonds. The molecule has 0 aliphatic rings. The Morgan fingerprint density at radius 3 is 3.00 bits per heavy atom. The molecule has 84 valence electrons. The van der Waals surface area contributed by atoms with E-state index in [0.29, 0.717) is 12.5 Å². The van der Waals surface area contributed by atoms with Crippen LogP contribution in [0, 0.1) is 0 Å².